The van der Waals surface area contributed by atoms with Crippen molar-refractivity contribution in [1.29, 1.82) is 0 Å². The lowest BCUT2D eigenvalue weighted by molar-refractivity contribution is 0.414. The van der Waals surface area contributed by atoms with Crippen molar-refractivity contribution in [3.05, 3.63) is 58.3 Å². The highest BCUT2D eigenvalue weighted by Crippen LogP contribution is 2.12. The summed E-state index contributed by atoms with van der Waals surface area (Å²) < 4.78 is 6.08. The predicted octanol–water partition coefficient (Wildman–Crippen LogP) is 3.19. The Bertz CT molecular complexity index is 531. The van der Waals surface area contributed by atoms with Crippen LogP contribution in [0, 0.1) is 0 Å². The van der Waals surface area contributed by atoms with E-state index in [0.717, 1.165) is 35.6 Å². The summed E-state index contributed by atoms with van der Waals surface area (Å²) in [6.45, 7) is 1.70. The second kappa shape index (κ2) is 7.26. The fraction of sp³-hybridized carbons (Fsp3) is 0.267. The van der Waals surface area contributed by atoms with Crippen molar-refractivity contribution < 1.29 is 4.74 Å². The molecule has 0 saturated carbocycles. The third kappa shape index (κ3) is 4.65. The van der Waals surface area contributed by atoms with E-state index in [0.29, 0.717) is 0 Å². The van der Waals surface area contributed by atoms with Gasteiger partial charge in [0.1, 0.15) is 10.4 Å². The molecule has 0 spiro atoms. The van der Waals surface area contributed by atoms with Gasteiger partial charge in [-0.2, -0.15) is 0 Å². The standard InChI is InChI=1S/C15H17BrN2O/c1-19-14-6-2-4-12(10-14)8-9-17-11-13-5-3-7-15(16)18-13/h2-7,10,17H,8-9,11H2,1H3. The molecule has 2 rings (SSSR count). The van der Waals surface area contributed by atoms with Gasteiger partial charge in [-0.1, -0.05) is 18.2 Å². The van der Waals surface area contributed by atoms with Crippen LogP contribution < -0.4 is 10.1 Å². The van der Waals surface area contributed by atoms with E-state index in [4.69, 9.17) is 4.74 Å². The van der Waals surface area contributed by atoms with Gasteiger partial charge in [-0.05, 0) is 58.7 Å². The maximum Gasteiger partial charge on any atom is 0.119 e. The van der Waals surface area contributed by atoms with Crippen molar-refractivity contribution in [2.45, 2.75) is 13.0 Å². The van der Waals surface area contributed by atoms with E-state index in [-0.39, 0.29) is 0 Å². The second-order valence-electron chi connectivity index (χ2n) is 4.23. The Morgan fingerprint density at radius 2 is 2.05 bits per heavy atom. The van der Waals surface area contributed by atoms with Crippen LogP contribution in [0.15, 0.2) is 47.1 Å². The van der Waals surface area contributed by atoms with Crippen molar-refractivity contribution in [3.8, 4) is 5.75 Å². The van der Waals surface area contributed by atoms with Crippen LogP contribution in [0.3, 0.4) is 0 Å². The first-order valence-corrected chi connectivity index (χ1v) is 7.02. The van der Waals surface area contributed by atoms with Gasteiger partial charge < -0.3 is 10.1 Å². The molecule has 0 bridgehead atoms. The summed E-state index contributed by atoms with van der Waals surface area (Å²) in [5.41, 5.74) is 2.31. The van der Waals surface area contributed by atoms with Crippen molar-refractivity contribution in [2.75, 3.05) is 13.7 Å². The molecule has 0 radical (unpaired) electrons. The van der Waals surface area contributed by atoms with E-state index >= 15 is 0 Å². The summed E-state index contributed by atoms with van der Waals surface area (Å²) in [6, 6.07) is 14.1. The molecule has 2 aromatic rings. The lowest BCUT2D eigenvalue weighted by Crippen LogP contribution is -2.17. The highest BCUT2D eigenvalue weighted by atomic mass is 79.9. The van der Waals surface area contributed by atoms with Gasteiger partial charge >= 0.3 is 0 Å². The highest BCUT2D eigenvalue weighted by molar-refractivity contribution is 9.10. The number of rotatable bonds is 6. The molecule has 0 atom stereocenters. The summed E-state index contributed by atoms with van der Waals surface area (Å²) in [4.78, 5) is 4.38. The molecule has 1 aromatic carbocycles. The van der Waals surface area contributed by atoms with Crippen LogP contribution in [0.1, 0.15) is 11.3 Å². The molecule has 0 unspecified atom stereocenters. The first-order chi connectivity index (χ1) is 9.28. The number of pyridine rings is 1. The number of nitrogens with zero attached hydrogens (tertiary/aromatic N) is 1. The summed E-state index contributed by atoms with van der Waals surface area (Å²) >= 11 is 3.37. The van der Waals surface area contributed by atoms with Gasteiger partial charge in [-0.25, -0.2) is 4.98 Å². The summed E-state index contributed by atoms with van der Waals surface area (Å²) in [5, 5.41) is 3.39. The minimum Gasteiger partial charge on any atom is -0.497 e. The molecular formula is C15H17BrN2O. The molecule has 4 heteroatoms. The molecule has 1 aromatic heterocycles. The molecule has 0 aliphatic carbocycles. The Morgan fingerprint density at radius 3 is 2.84 bits per heavy atom. The van der Waals surface area contributed by atoms with Crippen LogP contribution in [-0.2, 0) is 13.0 Å². The maximum absolute atomic E-state index is 5.21. The van der Waals surface area contributed by atoms with E-state index in [1.54, 1.807) is 7.11 Å². The Labute approximate surface area is 122 Å². The molecule has 0 aliphatic heterocycles. The molecule has 0 saturated heterocycles. The first-order valence-electron chi connectivity index (χ1n) is 6.23. The van der Waals surface area contributed by atoms with Crippen molar-refractivity contribution in [3.63, 3.8) is 0 Å². The summed E-state index contributed by atoms with van der Waals surface area (Å²) in [6.07, 6.45) is 0.977. The third-order valence-corrected chi connectivity index (χ3v) is 3.25. The molecule has 100 valence electrons. The Hall–Kier alpha value is -1.39. The predicted molar refractivity (Wildman–Crippen MR) is 80.3 cm³/mol. The number of aromatic nitrogens is 1. The van der Waals surface area contributed by atoms with E-state index in [1.807, 2.05) is 30.3 Å². The van der Waals surface area contributed by atoms with E-state index in [1.165, 1.54) is 5.56 Å². The fourth-order valence-electron chi connectivity index (χ4n) is 1.83. The number of hydrogen-bond acceptors (Lipinski definition) is 3. The number of hydrogen-bond donors (Lipinski definition) is 1. The van der Waals surface area contributed by atoms with E-state index in [9.17, 15) is 0 Å². The zero-order chi connectivity index (χ0) is 13.5. The lowest BCUT2D eigenvalue weighted by atomic mass is 10.1. The van der Waals surface area contributed by atoms with Crippen LogP contribution in [-0.4, -0.2) is 18.6 Å². The molecule has 1 heterocycles. The topological polar surface area (TPSA) is 34.1 Å². The van der Waals surface area contributed by atoms with Gasteiger partial charge in [0.2, 0.25) is 0 Å². The van der Waals surface area contributed by atoms with Crippen LogP contribution in [0.25, 0.3) is 0 Å². The first kappa shape index (κ1) is 14.0. The normalized spacial score (nSPS) is 10.4. The molecule has 1 N–H and O–H groups in total. The minimum absolute atomic E-state index is 0.781. The molecule has 19 heavy (non-hydrogen) atoms. The number of methoxy groups -OCH3 is 1. The fourth-order valence-corrected chi connectivity index (χ4v) is 2.21. The molecular weight excluding hydrogens is 304 g/mol. The van der Waals surface area contributed by atoms with Crippen LogP contribution in [0.4, 0.5) is 0 Å². The van der Waals surface area contributed by atoms with Crippen LogP contribution in [0.2, 0.25) is 0 Å². The molecule has 0 amide bonds. The molecule has 0 fully saturated rings. The van der Waals surface area contributed by atoms with Gasteiger partial charge in [0.25, 0.3) is 0 Å². The largest absolute Gasteiger partial charge is 0.497 e. The molecule has 3 nitrogen and oxygen atoms in total. The monoisotopic (exact) mass is 320 g/mol. The van der Waals surface area contributed by atoms with Crippen molar-refractivity contribution >= 4 is 15.9 Å². The third-order valence-electron chi connectivity index (χ3n) is 2.80. The summed E-state index contributed by atoms with van der Waals surface area (Å²) in [7, 11) is 1.69. The van der Waals surface area contributed by atoms with Crippen molar-refractivity contribution in [1.82, 2.24) is 10.3 Å². The Morgan fingerprint density at radius 1 is 1.21 bits per heavy atom. The van der Waals surface area contributed by atoms with E-state index in [2.05, 4.69) is 38.4 Å². The zero-order valence-electron chi connectivity index (χ0n) is 10.9. The lowest BCUT2D eigenvalue weighted by Gasteiger charge is -2.06. The minimum atomic E-state index is 0.781. The summed E-state index contributed by atoms with van der Waals surface area (Å²) in [5.74, 6) is 0.908. The smallest absolute Gasteiger partial charge is 0.119 e. The number of halogens is 1. The van der Waals surface area contributed by atoms with Crippen molar-refractivity contribution in [2.24, 2.45) is 0 Å². The quantitative estimate of drug-likeness (QED) is 0.655. The highest BCUT2D eigenvalue weighted by Gasteiger charge is 1.98. The average molecular weight is 321 g/mol. The van der Waals surface area contributed by atoms with Gasteiger partial charge in [-0.3, -0.25) is 0 Å². The number of ether oxygens (including phenoxy) is 1. The second-order valence-corrected chi connectivity index (χ2v) is 5.04. The number of benzene rings is 1. The molecule has 0 aliphatic rings. The Kier molecular flexibility index (Phi) is 5.36. The zero-order valence-corrected chi connectivity index (χ0v) is 12.5. The van der Waals surface area contributed by atoms with Crippen LogP contribution in [0.5, 0.6) is 5.75 Å². The van der Waals surface area contributed by atoms with Gasteiger partial charge in [0.15, 0.2) is 0 Å². The van der Waals surface area contributed by atoms with Gasteiger partial charge in [0, 0.05) is 6.54 Å². The van der Waals surface area contributed by atoms with Gasteiger partial charge in [0.05, 0.1) is 12.8 Å². The van der Waals surface area contributed by atoms with Gasteiger partial charge in [-0.15, -0.1) is 0 Å². The Balaban J connectivity index is 1.77. The van der Waals surface area contributed by atoms with E-state index < -0.39 is 0 Å². The van der Waals surface area contributed by atoms with Crippen LogP contribution >= 0.6 is 15.9 Å². The SMILES string of the molecule is COc1cccc(CCNCc2cccc(Br)n2)c1. The number of nitrogens with one attached hydrogen (secondary N) is 1. The average Bonchev–Trinajstić information content (AvgIpc) is 2.44. The maximum atomic E-state index is 5.21.